The average Bonchev–Trinajstić information content (AvgIpc) is 2.47. The van der Waals surface area contributed by atoms with Crippen molar-refractivity contribution in [3.05, 3.63) is 52.2 Å². The maximum atomic E-state index is 10.8. The molecular formula is C14H15N3O4. The number of aromatic nitrogens is 1. The van der Waals surface area contributed by atoms with E-state index < -0.39 is 4.92 Å². The van der Waals surface area contributed by atoms with E-state index in [4.69, 9.17) is 15.2 Å². The first-order valence-electron chi connectivity index (χ1n) is 6.23. The number of benzene rings is 1. The van der Waals surface area contributed by atoms with E-state index in [0.717, 1.165) is 5.56 Å². The van der Waals surface area contributed by atoms with Crippen LogP contribution in [0.25, 0.3) is 0 Å². The second-order valence-corrected chi connectivity index (χ2v) is 4.38. The van der Waals surface area contributed by atoms with Crippen LogP contribution in [-0.2, 0) is 0 Å². The zero-order valence-electron chi connectivity index (χ0n) is 11.6. The van der Waals surface area contributed by atoms with Gasteiger partial charge >= 0.3 is 0 Å². The number of non-ortho nitro benzene ring substituents is 1. The van der Waals surface area contributed by atoms with Gasteiger partial charge in [-0.1, -0.05) is 6.07 Å². The molecular weight excluding hydrogens is 274 g/mol. The quantitative estimate of drug-likeness (QED) is 0.671. The lowest BCUT2D eigenvalue weighted by atomic mass is 10.1. The van der Waals surface area contributed by atoms with Gasteiger partial charge in [-0.3, -0.25) is 10.1 Å². The summed E-state index contributed by atoms with van der Waals surface area (Å²) in [6, 6.07) is 7.42. The summed E-state index contributed by atoms with van der Waals surface area (Å²) < 4.78 is 10.8. The van der Waals surface area contributed by atoms with Crippen LogP contribution in [0.1, 0.15) is 18.5 Å². The highest BCUT2D eigenvalue weighted by atomic mass is 16.6. The Morgan fingerprint density at radius 3 is 2.71 bits per heavy atom. The van der Waals surface area contributed by atoms with Gasteiger partial charge in [-0.25, -0.2) is 4.98 Å². The topological polar surface area (TPSA) is 101 Å². The highest BCUT2D eigenvalue weighted by Gasteiger charge is 2.16. The molecule has 1 aromatic heterocycles. The monoisotopic (exact) mass is 289 g/mol. The van der Waals surface area contributed by atoms with Gasteiger partial charge < -0.3 is 15.2 Å². The summed E-state index contributed by atoms with van der Waals surface area (Å²) in [5, 5.41) is 10.8. The van der Waals surface area contributed by atoms with Crippen molar-refractivity contribution in [3.8, 4) is 17.4 Å². The number of hydrogen-bond donors (Lipinski definition) is 1. The summed E-state index contributed by atoms with van der Waals surface area (Å²) in [6.07, 6.45) is 1.58. The summed E-state index contributed by atoms with van der Waals surface area (Å²) in [7, 11) is 1.41. The van der Waals surface area contributed by atoms with Crippen molar-refractivity contribution >= 4 is 5.69 Å². The van der Waals surface area contributed by atoms with E-state index in [-0.39, 0.29) is 17.5 Å². The molecule has 0 radical (unpaired) electrons. The van der Waals surface area contributed by atoms with E-state index in [1.807, 2.05) is 13.0 Å². The fourth-order valence-corrected chi connectivity index (χ4v) is 1.79. The zero-order chi connectivity index (χ0) is 15.4. The normalized spacial score (nSPS) is 11.8. The zero-order valence-corrected chi connectivity index (χ0v) is 11.6. The molecule has 0 aliphatic rings. The number of nitro benzene ring substituents is 1. The molecule has 0 amide bonds. The van der Waals surface area contributed by atoms with E-state index >= 15 is 0 Å². The standard InChI is InChI=1S/C14H15N3O4/c1-9(15)11-4-3-7-16-14(11)21-12-6-5-10(17(18)19)8-13(12)20-2/h3-9H,15H2,1-2H3/t9-/m0/s1. The van der Waals surface area contributed by atoms with Crippen LogP contribution in [0.5, 0.6) is 17.4 Å². The molecule has 2 aromatic rings. The first-order chi connectivity index (χ1) is 10.0. The maximum Gasteiger partial charge on any atom is 0.273 e. The molecule has 0 spiro atoms. The van der Waals surface area contributed by atoms with Gasteiger partial charge in [0, 0.05) is 23.9 Å². The van der Waals surface area contributed by atoms with E-state index in [2.05, 4.69) is 4.98 Å². The number of hydrogen-bond acceptors (Lipinski definition) is 6. The minimum absolute atomic E-state index is 0.0763. The van der Waals surface area contributed by atoms with Crippen molar-refractivity contribution in [1.82, 2.24) is 4.98 Å². The molecule has 0 aliphatic carbocycles. The Kier molecular flexibility index (Phi) is 4.34. The molecule has 7 heteroatoms. The third-order valence-electron chi connectivity index (χ3n) is 2.86. The Labute approximate surface area is 121 Å². The molecule has 1 heterocycles. The smallest absolute Gasteiger partial charge is 0.273 e. The molecule has 0 bridgehead atoms. The lowest BCUT2D eigenvalue weighted by Crippen LogP contribution is -2.07. The first kappa shape index (κ1) is 14.7. The number of ether oxygens (including phenoxy) is 2. The fourth-order valence-electron chi connectivity index (χ4n) is 1.79. The number of pyridine rings is 1. The van der Waals surface area contributed by atoms with Crippen LogP contribution in [0.15, 0.2) is 36.5 Å². The summed E-state index contributed by atoms with van der Waals surface area (Å²) in [5.74, 6) is 0.939. The predicted octanol–water partition coefficient (Wildman–Crippen LogP) is 2.81. The van der Waals surface area contributed by atoms with Crippen molar-refractivity contribution in [1.29, 1.82) is 0 Å². The molecule has 7 nitrogen and oxygen atoms in total. The van der Waals surface area contributed by atoms with Crippen molar-refractivity contribution in [3.63, 3.8) is 0 Å². The van der Waals surface area contributed by atoms with Crippen LogP contribution < -0.4 is 15.2 Å². The van der Waals surface area contributed by atoms with E-state index in [1.165, 1.54) is 25.3 Å². The molecule has 2 N–H and O–H groups in total. The third kappa shape index (κ3) is 3.26. The second-order valence-electron chi connectivity index (χ2n) is 4.38. The molecule has 0 unspecified atom stereocenters. The van der Waals surface area contributed by atoms with Crippen molar-refractivity contribution < 1.29 is 14.4 Å². The van der Waals surface area contributed by atoms with Crippen molar-refractivity contribution in [2.75, 3.05) is 7.11 Å². The van der Waals surface area contributed by atoms with Gasteiger partial charge in [0.2, 0.25) is 5.88 Å². The van der Waals surface area contributed by atoms with Crippen molar-refractivity contribution in [2.24, 2.45) is 5.73 Å². The molecule has 110 valence electrons. The number of rotatable bonds is 5. The summed E-state index contributed by atoms with van der Waals surface area (Å²) in [4.78, 5) is 14.4. The van der Waals surface area contributed by atoms with E-state index in [1.54, 1.807) is 12.3 Å². The van der Waals surface area contributed by atoms with Crippen molar-refractivity contribution in [2.45, 2.75) is 13.0 Å². The van der Waals surface area contributed by atoms with Crippen LogP contribution in [-0.4, -0.2) is 17.0 Å². The van der Waals surface area contributed by atoms with E-state index in [0.29, 0.717) is 11.6 Å². The van der Waals surface area contributed by atoms with Crippen LogP contribution in [0.4, 0.5) is 5.69 Å². The van der Waals surface area contributed by atoms with Gasteiger partial charge in [-0.2, -0.15) is 0 Å². The number of nitrogens with two attached hydrogens (primary N) is 1. The number of nitrogens with zero attached hydrogens (tertiary/aromatic N) is 2. The van der Waals surface area contributed by atoms with Crippen LogP contribution in [0.3, 0.4) is 0 Å². The first-order valence-corrected chi connectivity index (χ1v) is 6.23. The van der Waals surface area contributed by atoms with Gasteiger partial charge in [-0.05, 0) is 19.1 Å². The Balaban J connectivity index is 2.38. The molecule has 1 atom stereocenters. The highest BCUT2D eigenvalue weighted by molar-refractivity contribution is 5.50. The van der Waals surface area contributed by atoms with Gasteiger partial charge in [-0.15, -0.1) is 0 Å². The Morgan fingerprint density at radius 1 is 1.33 bits per heavy atom. The van der Waals surface area contributed by atoms with Crippen LogP contribution in [0.2, 0.25) is 0 Å². The molecule has 21 heavy (non-hydrogen) atoms. The van der Waals surface area contributed by atoms with Gasteiger partial charge in [0.25, 0.3) is 5.69 Å². The maximum absolute atomic E-state index is 10.8. The lowest BCUT2D eigenvalue weighted by Gasteiger charge is -2.14. The second kappa shape index (κ2) is 6.19. The molecule has 0 saturated heterocycles. The number of nitro groups is 1. The molecule has 2 rings (SSSR count). The third-order valence-corrected chi connectivity index (χ3v) is 2.86. The van der Waals surface area contributed by atoms with Gasteiger partial charge in [0.1, 0.15) is 0 Å². The summed E-state index contributed by atoms with van der Waals surface area (Å²) in [5.41, 5.74) is 6.52. The minimum atomic E-state index is -0.500. The predicted molar refractivity (Wildman–Crippen MR) is 76.6 cm³/mol. The van der Waals surface area contributed by atoms with Crippen LogP contribution >= 0.6 is 0 Å². The number of methoxy groups -OCH3 is 1. The fraction of sp³-hybridized carbons (Fsp3) is 0.214. The molecule has 0 fully saturated rings. The summed E-state index contributed by atoms with van der Waals surface area (Å²) >= 11 is 0. The van der Waals surface area contributed by atoms with E-state index in [9.17, 15) is 10.1 Å². The van der Waals surface area contributed by atoms with Gasteiger partial charge in [0.15, 0.2) is 11.5 Å². The minimum Gasteiger partial charge on any atom is -0.493 e. The Morgan fingerprint density at radius 2 is 2.10 bits per heavy atom. The van der Waals surface area contributed by atoms with Gasteiger partial charge in [0.05, 0.1) is 18.1 Å². The lowest BCUT2D eigenvalue weighted by molar-refractivity contribution is -0.384. The Bertz CT molecular complexity index is 658. The molecule has 0 aliphatic heterocycles. The van der Waals surface area contributed by atoms with Crippen LogP contribution in [0, 0.1) is 10.1 Å². The molecule has 1 aromatic carbocycles. The highest BCUT2D eigenvalue weighted by Crippen LogP contribution is 2.35. The Hall–Kier alpha value is -2.67. The largest absolute Gasteiger partial charge is 0.493 e. The average molecular weight is 289 g/mol. The SMILES string of the molecule is COc1cc([N+](=O)[O-])ccc1Oc1ncccc1[C@H](C)N. The summed E-state index contributed by atoms with van der Waals surface area (Å²) in [6.45, 7) is 1.82. The molecule has 0 saturated carbocycles.